The number of benzene rings is 1. The maximum Gasteiger partial charge on any atom is 0.235 e. The van der Waals surface area contributed by atoms with Crippen molar-refractivity contribution in [3.05, 3.63) is 24.3 Å². The van der Waals surface area contributed by atoms with E-state index in [4.69, 9.17) is 5.73 Å². The summed E-state index contributed by atoms with van der Waals surface area (Å²) in [5.74, 6) is -0.678. The number of amides is 3. The Kier molecular flexibility index (Phi) is 3.97. The molecule has 0 spiro atoms. The molecule has 1 aliphatic rings. The van der Waals surface area contributed by atoms with Crippen LogP contribution in [-0.4, -0.2) is 29.2 Å². The van der Waals surface area contributed by atoms with Crippen LogP contribution in [0.2, 0.25) is 0 Å². The van der Waals surface area contributed by atoms with Gasteiger partial charge in [-0.1, -0.05) is 13.8 Å². The highest BCUT2D eigenvalue weighted by Gasteiger charge is 2.44. The minimum Gasteiger partial charge on any atom is -0.399 e. The summed E-state index contributed by atoms with van der Waals surface area (Å²) in [7, 11) is 0. The van der Waals surface area contributed by atoms with Gasteiger partial charge >= 0.3 is 0 Å². The number of rotatable bonds is 4. The third kappa shape index (κ3) is 3.39. The van der Waals surface area contributed by atoms with E-state index in [2.05, 4.69) is 5.32 Å². The first-order valence-corrected chi connectivity index (χ1v) is 6.80. The van der Waals surface area contributed by atoms with Gasteiger partial charge in [-0.2, -0.15) is 0 Å². The summed E-state index contributed by atoms with van der Waals surface area (Å²) in [5.41, 5.74) is 6.15. The van der Waals surface area contributed by atoms with E-state index in [9.17, 15) is 14.4 Å². The van der Waals surface area contributed by atoms with Gasteiger partial charge in [-0.15, -0.1) is 0 Å². The van der Waals surface area contributed by atoms with Crippen molar-refractivity contribution in [3.8, 4) is 0 Å². The fourth-order valence-electron chi connectivity index (χ4n) is 2.26. The minimum absolute atomic E-state index is 0.0813. The van der Waals surface area contributed by atoms with Crippen LogP contribution in [0.5, 0.6) is 0 Å². The Morgan fingerprint density at radius 3 is 2.43 bits per heavy atom. The number of likely N-dealkylation sites (tertiary alicyclic amines) is 1. The van der Waals surface area contributed by atoms with Crippen LogP contribution in [0, 0.1) is 5.41 Å². The lowest BCUT2D eigenvalue weighted by molar-refractivity contribution is -0.140. The first kappa shape index (κ1) is 15.0. The second kappa shape index (κ2) is 5.55. The third-order valence-electron chi connectivity index (χ3n) is 3.48. The van der Waals surface area contributed by atoms with Gasteiger partial charge in [0, 0.05) is 30.8 Å². The molecule has 1 aromatic carbocycles. The highest BCUT2D eigenvalue weighted by atomic mass is 16.2. The highest BCUT2D eigenvalue weighted by molar-refractivity contribution is 6.05. The normalized spacial score (nSPS) is 17.1. The molecule has 1 heterocycles. The van der Waals surface area contributed by atoms with E-state index in [1.54, 1.807) is 38.1 Å². The van der Waals surface area contributed by atoms with Gasteiger partial charge in [0.1, 0.15) is 0 Å². The largest absolute Gasteiger partial charge is 0.399 e. The van der Waals surface area contributed by atoms with Crippen LogP contribution in [0.25, 0.3) is 0 Å². The lowest BCUT2D eigenvalue weighted by atomic mass is 9.92. The number of hydrogen-bond donors (Lipinski definition) is 2. The SMILES string of the molecule is CC1(C)CC(=O)N(CCC(=O)Nc2ccc(N)cc2)C1=O. The standard InChI is InChI=1S/C15H19N3O3/c1-15(2)9-13(20)18(14(15)21)8-7-12(19)17-11-5-3-10(16)4-6-11/h3-6H,7-9,16H2,1-2H3,(H,17,19). The van der Waals surface area contributed by atoms with E-state index < -0.39 is 5.41 Å². The molecular weight excluding hydrogens is 270 g/mol. The van der Waals surface area contributed by atoms with Gasteiger partial charge in [-0.25, -0.2) is 0 Å². The van der Waals surface area contributed by atoms with Crippen molar-refractivity contribution in [2.24, 2.45) is 5.41 Å². The summed E-state index contributed by atoms with van der Waals surface area (Å²) in [5, 5.41) is 2.70. The quantitative estimate of drug-likeness (QED) is 0.647. The summed E-state index contributed by atoms with van der Waals surface area (Å²) >= 11 is 0. The number of nitrogens with one attached hydrogen (secondary N) is 1. The fraction of sp³-hybridized carbons (Fsp3) is 0.400. The Morgan fingerprint density at radius 2 is 1.90 bits per heavy atom. The van der Waals surface area contributed by atoms with Crippen molar-refractivity contribution >= 4 is 29.1 Å². The van der Waals surface area contributed by atoms with Crippen molar-refractivity contribution in [2.75, 3.05) is 17.6 Å². The topological polar surface area (TPSA) is 92.5 Å². The monoisotopic (exact) mass is 289 g/mol. The van der Waals surface area contributed by atoms with Crippen LogP contribution >= 0.6 is 0 Å². The van der Waals surface area contributed by atoms with Crippen LogP contribution in [0.3, 0.4) is 0 Å². The Balaban J connectivity index is 1.88. The van der Waals surface area contributed by atoms with E-state index in [-0.39, 0.29) is 37.1 Å². The molecule has 6 heteroatoms. The van der Waals surface area contributed by atoms with E-state index in [1.165, 1.54) is 4.90 Å². The maximum absolute atomic E-state index is 12.0. The summed E-state index contributed by atoms with van der Waals surface area (Å²) in [6.45, 7) is 3.59. The number of carbonyl (C=O) groups excluding carboxylic acids is 3. The lowest BCUT2D eigenvalue weighted by Gasteiger charge is -2.17. The molecule has 0 aliphatic carbocycles. The van der Waals surface area contributed by atoms with Crippen molar-refractivity contribution in [1.82, 2.24) is 4.90 Å². The fourth-order valence-corrected chi connectivity index (χ4v) is 2.26. The van der Waals surface area contributed by atoms with E-state index in [0.29, 0.717) is 11.4 Å². The van der Waals surface area contributed by atoms with Gasteiger partial charge < -0.3 is 11.1 Å². The molecule has 0 atom stereocenters. The molecule has 3 amide bonds. The zero-order chi connectivity index (χ0) is 15.6. The Hall–Kier alpha value is -2.37. The molecule has 21 heavy (non-hydrogen) atoms. The summed E-state index contributed by atoms with van der Waals surface area (Å²) in [6.07, 6.45) is 0.281. The van der Waals surface area contributed by atoms with Gasteiger partial charge in [0.2, 0.25) is 17.7 Å². The zero-order valence-corrected chi connectivity index (χ0v) is 12.2. The van der Waals surface area contributed by atoms with Crippen LogP contribution in [0.4, 0.5) is 11.4 Å². The Labute approximate surface area is 123 Å². The molecule has 6 nitrogen and oxygen atoms in total. The van der Waals surface area contributed by atoms with E-state index >= 15 is 0 Å². The Morgan fingerprint density at radius 1 is 1.29 bits per heavy atom. The van der Waals surface area contributed by atoms with Gasteiger partial charge in [-0.3, -0.25) is 19.3 Å². The number of carbonyl (C=O) groups is 3. The second-order valence-electron chi connectivity index (χ2n) is 5.83. The predicted molar refractivity (Wildman–Crippen MR) is 79.2 cm³/mol. The molecule has 1 saturated heterocycles. The summed E-state index contributed by atoms with van der Waals surface area (Å²) < 4.78 is 0. The number of hydrogen-bond acceptors (Lipinski definition) is 4. The molecule has 0 aromatic heterocycles. The molecule has 2 rings (SSSR count). The average Bonchev–Trinajstić information content (AvgIpc) is 2.59. The first-order chi connectivity index (χ1) is 9.79. The molecule has 1 aliphatic heterocycles. The molecule has 0 unspecified atom stereocenters. The molecule has 1 fully saturated rings. The van der Waals surface area contributed by atoms with E-state index in [1.807, 2.05) is 0 Å². The van der Waals surface area contributed by atoms with Crippen LogP contribution in [-0.2, 0) is 14.4 Å². The average molecular weight is 289 g/mol. The van der Waals surface area contributed by atoms with Crippen molar-refractivity contribution < 1.29 is 14.4 Å². The van der Waals surface area contributed by atoms with Gasteiger partial charge in [-0.05, 0) is 24.3 Å². The smallest absolute Gasteiger partial charge is 0.235 e. The zero-order valence-electron chi connectivity index (χ0n) is 12.2. The number of nitrogens with two attached hydrogens (primary N) is 1. The Bertz CT molecular complexity index is 578. The maximum atomic E-state index is 12.0. The lowest BCUT2D eigenvalue weighted by Crippen LogP contribution is -2.35. The third-order valence-corrected chi connectivity index (χ3v) is 3.48. The predicted octanol–water partition coefficient (Wildman–Crippen LogP) is 1.38. The summed E-state index contributed by atoms with van der Waals surface area (Å²) in [4.78, 5) is 36.8. The van der Waals surface area contributed by atoms with Crippen molar-refractivity contribution in [3.63, 3.8) is 0 Å². The molecule has 1 aromatic rings. The van der Waals surface area contributed by atoms with Crippen molar-refractivity contribution in [2.45, 2.75) is 26.7 Å². The number of nitrogen functional groups attached to an aromatic ring is 1. The summed E-state index contributed by atoms with van der Waals surface area (Å²) in [6, 6.07) is 6.77. The second-order valence-corrected chi connectivity index (χ2v) is 5.83. The molecule has 3 N–H and O–H groups in total. The van der Waals surface area contributed by atoms with Crippen molar-refractivity contribution in [1.29, 1.82) is 0 Å². The number of anilines is 2. The van der Waals surface area contributed by atoms with Crippen LogP contribution < -0.4 is 11.1 Å². The molecular formula is C15H19N3O3. The number of imide groups is 1. The van der Waals surface area contributed by atoms with Gasteiger partial charge in [0.25, 0.3) is 0 Å². The molecule has 0 bridgehead atoms. The van der Waals surface area contributed by atoms with E-state index in [0.717, 1.165) is 0 Å². The highest BCUT2D eigenvalue weighted by Crippen LogP contribution is 2.31. The van der Waals surface area contributed by atoms with Crippen LogP contribution in [0.1, 0.15) is 26.7 Å². The molecule has 112 valence electrons. The molecule has 0 saturated carbocycles. The van der Waals surface area contributed by atoms with Gasteiger partial charge in [0.15, 0.2) is 0 Å². The minimum atomic E-state index is -0.662. The van der Waals surface area contributed by atoms with Crippen LogP contribution in [0.15, 0.2) is 24.3 Å². The number of nitrogens with zero attached hydrogens (tertiary/aromatic N) is 1. The molecule has 0 radical (unpaired) electrons. The first-order valence-electron chi connectivity index (χ1n) is 6.80. The van der Waals surface area contributed by atoms with Gasteiger partial charge in [0.05, 0.1) is 5.41 Å².